The normalized spacial score (nSPS) is 10.9. The maximum atomic E-state index is 12.1. The van der Waals surface area contributed by atoms with Crippen molar-refractivity contribution in [2.45, 2.75) is 13.5 Å². The Bertz CT molecular complexity index is 525. The molecule has 0 aliphatic rings. The predicted octanol–water partition coefficient (Wildman–Crippen LogP) is 2.39. The third-order valence-electron chi connectivity index (χ3n) is 2.33. The molecule has 0 N–H and O–H groups in total. The fourth-order valence-corrected chi connectivity index (χ4v) is 1.54. The van der Waals surface area contributed by atoms with Gasteiger partial charge in [-0.05, 0) is 19.1 Å². The minimum Gasteiger partial charge on any atom is -0.417 e. The fraction of sp³-hybridized carbons (Fsp3) is 0.273. The van der Waals surface area contributed by atoms with Crippen molar-refractivity contribution in [2.75, 3.05) is 0 Å². The van der Waals surface area contributed by atoms with E-state index >= 15 is 0 Å². The van der Waals surface area contributed by atoms with Gasteiger partial charge in [-0.2, -0.15) is 13.9 Å². The van der Waals surface area contributed by atoms with Crippen molar-refractivity contribution < 1.29 is 13.5 Å². The van der Waals surface area contributed by atoms with Gasteiger partial charge in [0.2, 0.25) is 5.88 Å². The van der Waals surface area contributed by atoms with Crippen molar-refractivity contribution in [1.82, 2.24) is 14.8 Å². The van der Waals surface area contributed by atoms with Gasteiger partial charge in [0.1, 0.15) is 0 Å². The number of hydrogen-bond acceptors (Lipinski definition) is 3. The molecule has 0 spiro atoms. The summed E-state index contributed by atoms with van der Waals surface area (Å²) < 4.78 is 29.8. The lowest BCUT2D eigenvalue weighted by atomic mass is 10.1. The Kier molecular flexibility index (Phi) is 3.03. The summed E-state index contributed by atoms with van der Waals surface area (Å²) in [4.78, 5) is 4.12. The molecule has 6 heteroatoms. The van der Waals surface area contributed by atoms with Gasteiger partial charge in [0.25, 0.3) is 0 Å². The second-order valence-electron chi connectivity index (χ2n) is 3.51. The molecule has 0 saturated heterocycles. The maximum Gasteiger partial charge on any atom is 0.388 e. The average Bonchev–Trinajstić information content (AvgIpc) is 2.60. The SMILES string of the molecule is Cc1ncccc1-c1cc(OC(F)F)n(C)n1. The summed E-state index contributed by atoms with van der Waals surface area (Å²) in [5, 5.41) is 4.11. The number of pyridine rings is 1. The number of alkyl halides is 2. The van der Waals surface area contributed by atoms with Crippen LogP contribution in [0, 0.1) is 6.92 Å². The highest BCUT2D eigenvalue weighted by Crippen LogP contribution is 2.25. The molecule has 0 aliphatic heterocycles. The van der Waals surface area contributed by atoms with Crippen molar-refractivity contribution in [2.24, 2.45) is 7.05 Å². The molecule has 2 aromatic heterocycles. The second-order valence-corrected chi connectivity index (χ2v) is 3.51. The van der Waals surface area contributed by atoms with E-state index in [4.69, 9.17) is 0 Å². The molecule has 0 atom stereocenters. The first-order valence-electron chi connectivity index (χ1n) is 4.99. The molecule has 0 fully saturated rings. The van der Waals surface area contributed by atoms with E-state index in [1.165, 1.54) is 10.7 Å². The third-order valence-corrected chi connectivity index (χ3v) is 2.33. The molecule has 2 heterocycles. The van der Waals surface area contributed by atoms with E-state index in [2.05, 4.69) is 14.8 Å². The summed E-state index contributed by atoms with van der Waals surface area (Å²) in [6.07, 6.45) is 1.67. The Hall–Kier alpha value is -1.98. The van der Waals surface area contributed by atoms with E-state index in [1.807, 2.05) is 13.0 Å². The summed E-state index contributed by atoms with van der Waals surface area (Å²) in [5.74, 6) is 0.0262. The highest BCUT2D eigenvalue weighted by Gasteiger charge is 2.13. The number of hydrogen-bond donors (Lipinski definition) is 0. The van der Waals surface area contributed by atoms with Gasteiger partial charge in [-0.15, -0.1) is 0 Å². The molecule has 0 aromatic carbocycles. The molecule has 0 aliphatic carbocycles. The molecular weight excluding hydrogens is 228 g/mol. The average molecular weight is 239 g/mol. The minimum atomic E-state index is -2.85. The number of nitrogens with zero attached hydrogens (tertiary/aromatic N) is 3. The number of halogens is 2. The molecule has 90 valence electrons. The Balaban J connectivity index is 2.38. The monoisotopic (exact) mass is 239 g/mol. The first kappa shape index (κ1) is 11.5. The Morgan fingerprint density at radius 3 is 2.82 bits per heavy atom. The summed E-state index contributed by atoms with van der Waals surface area (Å²) in [6, 6.07) is 5.07. The Morgan fingerprint density at radius 1 is 1.41 bits per heavy atom. The lowest BCUT2D eigenvalue weighted by Crippen LogP contribution is -2.05. The Labute approximate surface area is 96.9 Å². The van der Waals surface area contributed by atoms with Gasteiger partial charge in [-0.25, -0.2) is 4.68 Å². The van der Waals surface area contributed by atoms with Crippen LogP contribution in [0.1, 0.15) is 5.69 Å². The molecule has 0 unspecified atom stereocenters. The zero-order valence-corrected chi connectivity index (χ0v) is 9.39. The van der Waals surface area contributed by atoms with E-state index in [0.717, 1.165) is 11.3 Å². The van der Waals surface area contributed by atoms with Crippen molar-refractivity contribution in [3.8, 4) is 17.1 Å². The van der Waals surface area contributed by atoms with Crippen molar-refractivity contribution in [3.63, 3.8) is 0 Å². The van der Waals surface area contributed by atoms with Crippen LogP contribution in [0.15, 0.2) is 24.4 Å². The molecule has 0 radical (unpaired) electrons. The van der Waals surface area contributed by atoms with Gasteiger partial charge in [0, 0.05) is 30.6 Å². The van der Waals surface area contributed by atoms with Crippen LogP contribution in [0.3, 0.4) is 0 Å². The fourth-order valence-electron chi connectivity index (χ4n) is 1.54. The van der Waals surface area contributed by atoms with Crippen LogP contribution in [0.2, 0.25) is 0 Å². The highest BCUT2D eigenvalue weighted by atomic mass is 19.3. The van der Waals surface area contributed by atoms with Crippen LogP contribution in [0.4, 0.5) is 8.78 Å². The number of aromatic nitrogens is 3. The van der Waals surface area contributed by atoms with Gasteiger partial charge >= 0.3 is 6.61 Å². The van der Waals surface area contributed by atoms with Crippen molar-refractivity contribution >= 4 is 0 Å². The van der Waals surface area contributed by atoms with Gasteiger partial charge in [-0.1, -0.05) is 0 Å². The first-order chi connectivity index (χ1) is 8.08. The van der Waals surface area contributed by atoms with E-state index in [9.17, 15) is 8.78 Å². The number of ether oxygens (including phenoxy) is 1. The van der Waals surface area contributed by atoms with Crippen molar-refractivity contribution in [3.05, 3.63) is 30.1 Å². The summed E-state index contributed by atoms with van der Waals surface area (Å²) in [6.45, 7) is -1.02. The quantitative estimate of drug-likeness (QED) is 0.825. The molecule has 17 heavy (non-hydrogen) atoms. The molecule has 0 amide bonds. The lowest BCUT2D eigenvalue weighted by molar-refractivity contribution is -0.0553. The standard InChI is InChI=1S/C11H11F2N3O/c1-7-8(4-3-5-14-7)9-6-10(16(2)15-9)17-11(12)13/h3-6,11H,1-2H3. The summed E-state index contributed by atoms with van der Waals surface area (Å²) in [5.41, 5.74) is 2.15. The first-order valence-corrected chi connectivity index (χ1v) is 4.99. The lowest BCUT2D eigenvalue weighted by Gasteiger charge is -2.01. The van der Waals surface area contributed by atoms with Gasteiger partial charge in [0.15, 0.2) is 0 Å². The maximum absolute atomic E-state index is 12.1. The molecule has 4 nitrogen and oxygen atoms in total. The van der Waals surface area contributed by atoms with E-state index in [1.54, 1.807) is 19.3 Å². The van der Waals surface area contributed by atoms with Gasteiger partial charge in [-0.3, -0.25) is 4.98 Å². The van der Waals surface area contributed by atoms with Crippen LogP contribution >= 0.6 is 0 Å². The van der Waals surface area contributed by atoms with E-state index in [0.29, 0.717) is 5.69 Å². The number of aryl methyl sites for hydroxylation is 2. The van der Waals surface area contributed by atoms with Crippen LogP contribution in [-0.2, 0) is 7.05 Å². The highest BCUT2D eigenvalue weighted by molar-refractivity contribution is 5.62. The van der Waals surface area contributed by atoms with Crippen LogP contribution in [0.25, 0.3) is 11.3 Å². The molecule has 2 aromatic rings. The zero-order valence-electron chi connectivity index (χ0n) is 9.39. The minimum absolute atomic E-state index is 0.0262. The van der Waals surface area contributed by atoms with E-state index in [-0.39, 0.29) is 5.88 Å². The molecule has 0 saturated carbocycles. The topological polar surface area (TPSA) is 39.9 Å². The number of rotatable bonds is 3. The molecule has 0 bridgehead atoms. The van der Waals surface area contributed by atoms with E-state index < -0.39 is 6.61 Å². The predicted molar refractivity (Wildman–Crippen MR) is 57.8 cm³/mol. The second kappa shape index (κ2) is 4.48. The smallest absolute Gasteiger partial charge is 0.388 e. The summed E-state index contributed by atoms with van der Waals surface area (Å²) in [7, 11) is 1.55. The third kappa shape index (κ3) is 2.41. The van der Waals surface area contributed by atoms with Gasteiger partial charge in [0.05, 0.1) is 5.69 Å². The molecular formula is C11H11F2N3O. The Morgan fingerprint density at radius 2 is 2.18 bits per heavy atom. The zero-order chi connectivity index (χ0) is 12.4. The van der Waals surface area contributed by atoms with Crippen LogP contribution in [-0.4, -0.2) is 21.4 Å². The van der Waals surface area contributed by atoms with Crippen LogP contribution in [0.5, 0.6) is 5.88 Å². The van der Waals surface area contributed by atoms with Crippen LogP contribution < -0.4 is 4.74 Å². The summed E-state index contributed by atoms with van der Waals surface area (Å²) >= 11 is 0. The largest absolute Gasteiger partial charge is 0.417 e. The van der Waals surface area contributed by atoms with Crippen molar-refractivity contribution in [1.29, 1.82) is 0 Å². The molecule has 2 rings (SSSR count). The van der Waals surface area contributed by atoms with Gasteiger partial charge < -0.3 is 4.74 Å².